The Labute approximate surface area is 81.5 Å². The zero-order valence-corrected chi connectivity index (χ0v) is 8.49. The van der Waals surface area contributed by atoms with E-state index >= 15 is 0 Å². The number of carbonyl (C=O) groups is 3. The molecule has 2 unspecified atom stereocenters. The molecule has 0 saturated heterocycles. The molecule has 0 fully saturated rings. The number of aliphatic carboxylic acids is 1. The van der Waals surface area contributed by atoms with Gasteiger partial charge in [0.15, 0.2) is 6.16 Å². The highest BCUT2D eigenvalue weighted by molar-refractivity contribution is 7.60. The summed E-state index contributed by atoms with van der Waals surface area (Å²) >= 11 is 0. The van der Waals surface area contributed by atoms with Crippen molar-refractivity contribution in [3.05, 3.63) is 0 Å². The Morgan fingerprint density at radius 1 is 1.57 bits per heavy atom. The highest BCUT2D eigenvalue weighted by Crippen LogP contribution is 2.17. The molecule has 0 bridgehead atoms. The van der Waals surface area contributed by atoms with Gasteiger partial charge < -0.3 is 10.4 Å². The molecule has 14 heavy (non-hydrogen) atoms. The molecule has 0 aliphatic carbocycles. The molecule has 6 nitrogen and oxygen atoms in total. The second kappa shape index (κ2) is 6.21. The van der Waals surface area contributed by atoms with Gasteiger partial charge in [-0.3, -0.25) is 4.79 Å². The first kappa shape index (κ1) is 12.7. The Balaban J connectivity index is 4.10. The summed E-state index contributed by atoms with van der Waals surface area (Å²) in [6.45, 7) is 1.19. The molecule has 0 heterocycles. The molecule has 0 aromatic carbocycles. The van der Waals surface area contributed by atoms with Crippen molar-refractivity contribution in [1.82, 2.24) is 5.32 Å². The van der Waals surface area contributed by atoms with Crippen molar-refractivity contribution in [1.29, 1.82) is 0 Å². The monoisotopic (exact) mass is 220 g/mol. The molecule has 2 atom stereocenters. The summed E-state index contributed by atoms with van der Waals surface area (Å²) in [5.41, 5.74) is 0. The average molecular weight is 220 g/mol. The Morgan fingerprint density at radius 2 is 2.14 bits per heavy atom. The first-order valence-electron chi connectivity index (χ1n) is 3.86. The predicted octanol–water partition coefficient (Wildman–Crippen LogP) is -0.0166. The maximum atomic E-state index is 10.7. The summed E-state index contributed by atoms with van der Waals surface area (Å²) in [6.07, 6.45) is -0.0427. The molecular weight excluding hydrogens is 209 g/mol. The van der Waals surface area contributed by atoms with E-state index in [9.17, 15) is 18.9 Å². The van der Waals surface area contributed by atoms with Gasteiger partial charge in [0.2, 0.25) is 5.91 Å². The van der Waals surface area contributed by atoms with Crippen LogP contribution in [0.4, 0.5) is 0 Å². The van der Waals surface area contributed by atoms with Crippen LogP contribution in [0.5, 0.6) is 0 Å². The Kier molecular flexibility index (Phi) is 5.64. The predicted molar refractivity (Wildman–Crippen MR) is 49.1 cm³/mol. The van der Waals surface area contributed by atoms with E-state index in [-0.39, 0.29) is 18.6 Å². The number of rotatable bonds is 6. The topological polar surface area (TPSA) is 101 Å². The van der Waals surface area contributed by atoms with Gasteiger partial charge in [0.25, 0.3) is 0 Å². The Morgan fingerprint density at radius 3 is 2.50 bits per heavy atom. The molecule has 2 N–H and O–H groups in total. The van der Waals surface area contributed by atoms with Crippen molar-refractivity contribution in [2.45, 2.75) is 19.4 Å². The molecule has 1 amide bonds. The van der Waals surface area contributed by atoms with Gasteiger partial charge in [-0.1, -0.05) is 4.57 Å². The minimum absolute atomic E-state index is 0.0111. The van der Waals surface area contributed by atoms with Crippen LogP contribution in [0, 0.1) is 0 Å². The summed E-state index contributed by atoms with van der Waals surface area (Å²) in [7, 11) is -2.01. The van der Waals surface area contributed by atoms with E-state index in [1.54, 1.807) is 0 Å². The number of carbonyl (C=O) groups excluding carboxylic acids is 2. The number of hydrogen-bond donors (Lipinski definition) is 2. The van der Waals surface area contributed by atoms with Crippen molar-refractivity contribution in [2.24, 2.45) is 0 Å². The van der Waals surface area contributed by atoms with Crippen LogP contribution in [0.3, 0.4) is 0 Å². The fraction of sp³-hybridized carbons (Fsp3) is 0.571. The summed E-state index contributed by atoms with van der Waals surface area (Å²) in [4.78, 5) is 31.1. The lowest BCUT2D eigenvalue weighted by Gasteiger charge is -2.09. The molecule has 0 rings (SSSR count). The lowest BCUT2D eigenvalue weighted by Crippen LogP contribution is -2.39. The molecule has 0 aromatic heterocycles. The van der Waals surface area contributed by atoms with E-state index in [1.807, 2.05) is 0 Å². The number of nitrogens with one attached hydrogen (secondary N) is 1. The van der Waals surface area contributed by atoms with Crippen LogP contribution in [-0.4, -0.2) is 35.2 Å². The van der Waals surface area contributed by atoms with Gasteiger partial charge in [-0.25, -0.2) is 9.59 Å². The van der Waals surface area contributed by atoms with E-state index in [1.165, 1.54) is 6.92 Å². The van der Waals surface area contributed by atoms with Gasteiger partial charge in [0, 0.05) is 13.3 Å². The molecule has 0 aliphatic rings. The highest BCUT2D eigenvalue weighted by atomic mass is 31.1. The number of carboxylic acid groups (broad SMARTS) is 1. The zero-order valence-electron chi connectivity index (χ0n) is 7.60. The van der Waals surface area contributed by atoms with Crippen LogP contribution >= 0.6 is 7.80 Å². The molecule has 0 radical (unpaired) electrons. The second-order valence-corrected chi connectivity index (χ2v) is 4.12. The van der Waals surface area contributed by atoms with E-state index in [0.29, 0.717) is 0 Å². The minimum Gasteiger partial charge on any atom is -0.480 e. The number of carboxylic acids is 1. The summed E-state index contributed by atoms with van der Waals surface area (Å²) in [6, 6.07) is -0.798. The maximum Gasteiger partial charge on any atom is 0.411 e. The standard InChI is InChI=1S/C7H10NO5P/c1-5(10)8-6(7(11)12)2-3-14(13)4-9/h4,6H,2-3H2,1H3,(H-,8,10,11,12)/p+1. The highest BCUT2D eigenvalue weighted by Gasteiger charge is 2.23. The average Bonchev–Trinajstić information content (AvgIpc) is 2.10. The third kappa shape index (κ3) is 5.37. The van der Waals surface area contributed by atoms with Crippen LogP contribution in [0.15, 0.2) is 0 Å². The third-order valence-electron chi connectivity index (χ3n) is 1.43. The van der Waals surface area contributed by atoms with Gasteiger partial charge in [0.1, 0.15) is 6.04 Å². The maximum absolute atomic E-state index is 10.7. The van der Waals surface area contributed by atoms with Crippen LogP contribution in [0.2, 0.25) is 0 Å². The van der Waals surface area contributed by atoms with Gasteiger partial charge in [0.05, 0.1) is 0 Å². The first-order valence-corrected chi connectivity index (χ1v) is 5.37. The van der Waals surface area contributed by atoms with Crippen molar-refractivity contribution in [2.75, 3.05) is 6.16 Å². The van der Waals surface area contributed by atoms with Crippen LogP contribution in [0.25, 0.3) is 0 Å². The first-order chi connectivity index (χ1) is 6.47. The lowest BCUT2D eigenvalue weighted by atomic mass is 10.2. The minimum atomic E-state index is -2.01. The van der Waals surface area contributed by atoms with E-state index in [0.717, 1.165) is 0 Å². The summed E-state index contributed by atoms with van der Waals surface area (Å²) < 4.78 is 10.7. The van der Waals surface area contributed by atoms with Gasteiger partial charge in [-0.15, -0.1) is 0 Å². The number of amides is 1. The lowest BCUT2D eigenvalue weighted by molar-refractivity contribution is -0.141. The molecule has 0 aromatic rings. The van der Waals surface area contributed by atoms with Crippen LogP contribution < -0.4 is 5.32 Å². The summed E-state index contributed by atoms with van der Waals surface area (Å²) in [5.74, 6) is -1.67. The van der Waals surface area contributed by atoms with E-state index in [2.05, 4.69) is 5.32 Å². The van der Waals surface area contributed by atoms with Gasteiger partial charge >= 0.3 is 19.8 Å². The SMILES string of the molecule is CC(=O)NC(CC[P+](=O)C=O)C(=O)O. The van der Waals surface area contributed by atoms with Crippen LogP contribution in [-0.2, 0) is 18.9 Å². The molecular formula is C7H11NO5P+. The van der Waals surface area contributed by atoms with Crippen molar-refractivity contribution in [3.63, 3.8) is 0 Å². The van der Waals surface area contributed by atoms with Crippen LogP contribution in [0.1, 0.15) is 13.3 Å². The molecule has 0 saturated carbocycles. The van der Waals surface area contributed by atoms with E-state index in [4.69, 9.17) is 5.11 Å². The van der Waals surface area contributed by atoms with Gasteiger partial charge in [-0.2, -0.15) is 0 Å². The van der Waals surface area contributed by atoms with Crippen molar-refractivity contribution >= 4 is 25.7 Å². The van der Waals surface area contributed by atoms with Crippen molar-refractivity contribution in [3.8, 4) is 0 Å². The molecule has 78 valence electrons. The second-order valence-electron chi connectivity index (χ2n) is 2.63. The third-order valence-corrected chi connectivity index (χ3v) is 2.37. The van der Waals surface area contributed by atoms with Gasteiger partial charge in [-0.05, 0) is 0 Å². The number of hydrogen-bond acceptors (Lipinski definition) is 4. The van der Waals surface area contributed by atoms with Crippen molar-refractivity contribution < 1.29 is 24.1 Å². The van der Waals surface area contributed by atoms with E-state index < -0.39 is 25.7 Å². The largest absolute Gasteiger partial charge is 0.480 e. The molecule has 7 heteroatoms. The normalized spacial score (nSPS) is 12.8. The quantitative estimate of drug-likeness (QED) is 0.484. The Bertz CT molecular complexity index is 265. The summed E-state index contributed by atoms with van der Waals surface area (Å²) in [5, 5.41) is 10.8. The molecule has 0 aliphatic heterocycles. The fourth-order valence-corrected chi connectivity index (χ4v) is 1.43. The molecule has 0 spiro atoms. The Hall–Kier alpha value is -1.29. The fourth-order valence-electron chi connectivity index (χ4n) is 0.812. The smallest absolute Gasteiger partial charge is 0.411 e. The zero-order chi connectivity index (χ0) is 11.1.